The van der Waals surface area contributed by atoms with Crippen LogP contribution in [0.25, 0.3) is 21.9 Å². The van der Waals surface area contributed by atoms with Crippen molar-refractivity contribution in [3.05, 3.63) is 94.3 Å². The molecule has 0 spiro atoms. The van der Waals surface area contributed by atoms with Crippen LogP contribution in [0.3, 0.4) is 0 Å². The third-order valence-electron chi connectivity index (χ3n) is 26.3. The van der Waals surface area contributed by atoms with Crippen molar-refractivity contribution in [3.8, 4) is 5.75 Å². The first-order valence-corrected chi connectivity index (χ1v) is 54.3. The maximum atomic E-state index is 16.9. The van der Waals surface area contributed by atoms with E-state index in [0.717, 1.165) is 26.1 Å². The average Bonchev–Trinajstić information content (AvgIpc) is 1.64. The Morgan fingerprint density at radius 3 is 1.93 bits per heavy atom. The summed E-state index contributed by atoms with van der Waals surface area (Å²) in [5.74, 6) is -19.2. The van der Waals surface area contributed by atoms with Crippen molar-refractivity contribution in [1.29, 1.82) is 0 Å². The van der Waals surface area contributed by atoms with Crippen molar-refractivity contribution in [2.24, 2.45) is 47.0 Å². The molecule has 1 fully saturated rings. The van der Waals surface area contributed by atoms with Crippen LogP contribution < -0.4 is 53.4 Å². The Labute approximate surface area is 876 Å². The Bertz CT molecular complexity index is 5410. The summed E-state index contributed by atoms with van der Waals surface area (Å²) in [4.78, 5) is 249. The maximum absolute atomic E-state index is 16.9. The Morgan fingerprint density at radius 2 is 1.31 bits per heavy atom. The first-order chi connectivity index (χ1) is 71.4. The highest BCUT2D eigenvalue weighted by Gasteiger charge is 2.63. The van der Waals surface area contributed by atoms with Crippen LogP contribution in [-0.4, -0.2) is 375 Å². The van der Waals surface area contributed by atoms with E-state index in [4.69, 9.17) is 68.8 Å². The number of nitrogens with one attached hydrogen (secondary N) is 8. The predicted octanol–water partition coefficient (Wildman–Crippen LogP) is 1.55. The summed E-state index contributed by atoms with van der Waals surface area (Å²) in [5.41, 5.74) is 12.5. The van der Waals surface area contributed by atoms with Gasteiger partial charge >= 0.3 is 12.1 Å². The molecule has 5 aliphatic heterocycles. The first kappa shape index (κ1) is 121. The fraction of sp³-hybridized carbons (Fsp3) is 0.624. The van der Waals surface area contributed by atoms with E-state index in [1.165, 1.54) is 32.2 Å². The number of aromatic nitrogens is 3. The summed E-state index contributed by atoms with van der Waals surface area (Å²) in [6, 6.07) is 6.41. The lowest BCUT2D eigenvalue weighted by Crippen LogP contribution is -2.72. The van der Waals surface area contributed by atoms with Crippen LogP contribution in [0.1, 0.15) is 144 Å². The highest BCUT2D eigenvalue weighted by Crippen LogP contribution is 2.40. The molecule has 3 aromatic carbocycles. The third-order valence-corrected chi connectivity index (χ3v) is 28.8. The SMILES string of the molecule is CC[C@H](C)[C@@H]1NC(=O)CNC(=O)[C@@H]2CC(=O)[C@H]([C@@H](C)[C@@H](O)CO)NC(=O)C3(C(=O)N(C)CCN(CCOCCOCCOCCCC(=O)c4ccc5nc(CSC)c(CSC)nc5c4)C(=O)OCc4ccc(CC(=O)[C@H](CCCNC(N)=O)NC(=O)[C@@H](CC(=O)CCOCCOCCOCCOCCOC)C(C)C)cc4)Oc4ccc5c(c([nH]c5c4)S(=O)C[C@H](NC(=O)CNC1=O)C(=O)C[C@@H](CC(N)=O)C(=O)N1C[C@H](O)C[C@H]13)C2. The summed E-state index contributed by atoms with van der Waals surface area (Å²) in [6.45, 7) is 6.20. The number of urea groups is 1. The van der Waals surface area contributed by atoms with Gasteiger partial charge in [-0.15, -0.1) is 0 Å². The molecule has 10 rings (SSSR count). The standard InChI is InChI=1S/C101H145N15O30S3/c1-10-61(4)90-94(130)106-52-88(126)109-80-59-149(136)95-73-44-66(92(128)105-53-89(127)112-90)46-84(123)91(62(5)85(124)55-117)113-97(132)101(146-70-20-21-71(73)76(51-70)111-95,86-50-69(119)54-116(86)96(131)67(47-83(80)122)48-87(102)125)98(133)114(6)25-26-115(27-30-140-35-38-142-36-33-138-28-12-14-81(120)65-19-22-74-77(45-65)108-79(58-148-9)78(107-74)57-147-8)100(135)145-56-64-17-15-63(16-18-64)43-82(121)75(13-11-24-104-99(103)134)110-93(129)72(60(2)3)49-68(118)23-29-139-34-37-143-41-42-144-40-39-141-32-31-137-7/h15-22,45,51,60-62,66-67,69,72,75,80,85-86,90-91,111,117,119,124H,10-14,23-44,46-50,52-59H2,1-9H3,(H2,102,125)(H,105,128)(H,106,130)(H,109,126)(H,110,129)(H,112,127)(H,113,132)(H3,103,104,134)/t61-,62-,66-,67-,69+,72-,75-,80-,85-,86-,90-,91-,101?,149?/m0/s1. The average molecular weight is 2150 g/mol. The van der Waals surface area contributed by atoms with Gasteiger partial charge in [0.05, 0.1) is 199 Å². The number of amides is 12. The molecule has 15 N–H and O–H groups in total. The summed E-state index contributed by atoms with van der Waals surface area (Å²) < 4.78 is 73.1. The molecule has 0 aliphatic carbocycles. The van der Waals surface area contributed by atoms with Crippen molar-refractivity contribution < 1.29 is 144 Å². The molecule has 12 amide bonds. The van der Waals surface area contributed by atoms with E-state index < -0.39 is 255 Å². The number of hydrogen-bond acceptors (Lipinski definition) is 34. The van der Waals surface area contributed by atoms with Crippen molar-refractivity contribution in [2.75, 3.05) is 184 Å². The molecule has 1 saturated heterocycles. The molecule has 45 nitrogen and oxygen atoms in total. The second-order valence-corrected chi connectivity index (χ2v) is 40.8. The minimum Gasteiger partial charge on any atom is -0.465 e. The van der Waals surface area contributed by atoms with E-state index in [1.807, 2.05) is 12.5 Å². The van der Waals surface area contributed by atoms with Gasteiger partial charge in [-0.25, -0.2) is 19.6 Å². The fourth-order valence-corrected chi connectivity index (χ4v) is 20.1. The number of hydrogen-bond donors (Lipinski definition) is 13. The van der Waals surface area contributed by atoms with Crippen LogP contribution in [0.5, 0.6) is 5.75 Å². The molecule has 0 radical (unpaired) electrons. The highest BCUT2D eigenvalue weighted by atomic mass is 32.2. The van der Waals surface area contributed by atoms with Gasteiger partial charge in [0, 0.05) is 151 Å². The second-order valence-electron chi connectivity index (χ2n) is 37.6. The highest BCUT2D eigenvalue weighted by molar-refractivity contribution is 7.98. The lowest BCUT2D eigenvalue weighted by atomic mass is 9.83. The molecule has 2 unspecified atom stereocenters. The van der Waals surface area contributed by atoms with E-state index in [1.54, 1.807) is 101 Å². The zero-order valence-corrected chi connectivity index (χ0v) is 88.5. The topological polar surface area (TPSA) is 631 Å². The lowest BCUT2D eigenvalue weighted by Gasteiger charge is -2.43. The number of ether oxygens (including phenoxy) is 10. The number of benzene rings is 3. The van der Waals surface area contributed by atoms with Gasteiger partial charge in [0.2, 0.25) is 41.4 Å². The molecule has 5 aliphatic rings. The number of Topliss-reactive ketones (excluding diaryl/α,β-unsaturated/α-hetero) is 5. The normalized spacial score (nSPS) is 20.6. The van der Waals surface area contributed by atoms with Crippen LogP contribution >= 0.6 is 23.5 Å². The Hall–Kier alpha value is -11.1. The van der Waals surface area contributed by atoms with E-state index in [-0.39, 0.29) is 156 Å². The van der Waals surface area contributed by atoms with Gasteiger partial charge in [-0.2, -0.15) is 23.5 Å². The number of rotatable bonds is 58. The zero-order chi connectivity index (χ0) is 108. The lowest BCUT2D eigenvalue weighted by molar-refractivity contribution is -0.167. The van der Waals surface area contributed by atoms with Gasteiger partial charge in [-0.3, -0.25) is 71.3 Å². The van der Waals surface area contributed by atoms with Crippen LogP contribution in [0, 0.1) is 35.5 Å². The van der Waals surface area contributed by atoms with Gasteiger partial charge in [-0.05, 0) is 97.1 Å². The summed E-state index contributed by atoms with van der Waals surface area (Å²) in [6.07, 6.45) is -3.93. The van der Waals surface area contributed by atoms with Crippen molar-refractivity contribution >= 4 is 150 Å². The van der Waals surface area contributed by atoms with Crippen LogP contribution in [0.2, 0.25) is 0 Å². The number of carbonyl (C=O) groups excluding carboxylic acids is 16. The molecule has 149 heavy (non-hydrogen) atoms. The molecule has 48 heteroatoms. The van der Waals surface area contributed by atoms with Gasteiger partial charge in [-0.1, -0.05) is 65.3 Å². The molecular weight excluding hydrogens is 2000 g/mol. The van der Waals surface area contributed by atoms with Gasteiger partial charge < -0.3 is 131 Å². The smallest absolute Gasteiger partial charge is 0.410 e. The Balaban J connectivity index is 0.989. The number of methoxy groups -OCH3 is 1. The number of H-pyrrole nitrogens is 1. The zero-order valence-electron chi connectivity index (χ0n) is 86.0. The molecule has 14 atom stereocenters. The second kappa shape index (κ2) is 62.0. The first-order valence-electron chi connectivity index (χ1n) is 50.2. The number of aromatic amines is 1. The molecule has 7 heterocycles. The van der Waals surface area contributed by atoms with Gasteiger partial charge in [0.25, 0.3) is 17.4 Å². The number of nitrogens with two attached hydrogens (primary N) is 2. The van der Waals surface area contributed by atoms with Crippen molar-refractivity contribution in [3.63, 3.8) is 0 Å². The fourth-order valence-electron chi connectivity index (χ4n) is 17.6. The minimum atomic E-state index is -3.34. The molecule has 5 aromatic rings. The van der Waals surface area contributed by atoms with Crippen LogP contribution in [0.4, 0.5) is 9.59 Å². The maximum Gasteiger partial charge on any atom is 0.410 e. The van der Waals surface area contributed by atoms with Crippen LogP contribution in [0.15, 0.2) is 65.7 Å². The predicted molar refractivity (Wildman–Crippen MR) is 547 cm³/mol. The summed E-state index contributed by atoms with van der Waals surface area (Å²) in [7, 11) is 0.254. The monoisotopic (exact) mass is 2140 g/mol. The van der Waals surface area contributed by atoms with E-state index >= 15 is 33.0 Å². The molecular formula is C101H145N15O30S3. The van der Waals surface area contributed by atoms with Gasteiger partial charge in [0.1, 0.15) is 29.2 Å². The van der Waals surface area contributed by atoms with Crippen molar-refractivity contribution in [2.45, 2.75) is 189 Å². The molecule has 2 aromatic heterocycles. The van der Waals surface area contributed by atoms with Crippen LogP contribution in [-0.2, 0) is 147 Å². The largest absolute Gasteiger partial charge is 0.465 e. The number of primary amides is 2. The Kier molecular flexibility index (Phi) is 50.5. The molecule has 8 bridgehead atoms. The molecule has 822 valence electrons. The van der Waals surface area contributed by atoms with E-state index in [2.05, 4.69) is 42.2 Å². The van der Waals surface area contributed by atoms with E-state index in [0.29, 0.717) is 91.7 Å². The minimum absolute atomic E-state index is 0.0107. The summed E-state index contributed by atoms with van der Waals surface area (Å²) in [5, 5.41) is 52.4. The number of carbonyl (C=O) groups is 16. The number of ketones is 5. The quantitative estimate of drug-likeness (QED) is 0.0149. The number of fused-ring (bicyclic) bond motifs is 9. The Morgan fingerprint density at radius 1 is 0.691 bits per heavy atom. The number of thioether (sulfide) groups is 2. The number of aliphatic hydroxyl groups is 3. The molecule has 0 saturated carbocycles. The number of aliphatic hydroxyl groups excluding tert-OH is 3. The third kappa shape index (κ3) is 36.9. The number of nitrogens with zero attached hydrogens (tertiary/aromatic N) is 5. The van der Waals surface area contributed by atoms with Crippen molar-refractivity contribution in [1.82, 2.24) is 66.9 Å². The van der Waals surface area contributed by atoms with Gasteiger partial charge in [0.15, 0.2) is 23.1 Å². The summed E-state index contributed by atoms with van der Waals surface area (Å²) >= 11 is 3.29. The van der Waals surface area contributed by atoms with E-state index in [9.17, 15) is 63.3 Å². The number of likely N-dealkylation sites (N-methyl/N-ethyl adjacent to an activating group) is 1.